The number of ether oxygens (including phenoxy) is 1. The van der Waals surface area contributed by atoms with Crippen molar-refractivity contribution in [1.29, 1.82) is 0 Å². The van der Waals surface area contributed by atoms with Gasteiger partial charge in [0, 0.05) is 54.3 Å². The van der Waals surface area contributed by atoms with Crippen LogP contribution in [0.4, 0.5) is 5.69 Å². The number of anilines is 1. The molecule has 1 aliphatic carbocycles. The largest absolute Gasteiger partial charge is 0.462 e. The SMILES string of the molecule is CCCOC(=O)c1ccc2c(C3CCCCC3)c3n(c2c1)CCCN1CC(CN(C)CC)c2cccc-3c21. The van der Waals surface area contributed by atoms with Crippen LogP contribution in [-0.2, 0) is 11.3 Å². The van der Waals surface area contributed by atoms with Gasteiger partial charge in [-0.2, -0.15) is 0 Å². The third-order valence-corrected chi connectivity index (χ3v) is 9.19. The van der Waals surface area contributed by atoms with Crippen LogP contribution in [0, 0.1) is 0 Å². The third-order valence-electron chi connectivity index (χ3n) is 9.19. The number of fused-ring (bicyclic) bond motifs is 4. The summed E-state index contributed by atoms with van der Waals surface area (Å²) >= 11 is 0. The maximum absolute atomic E-state index is 12.8. The maximum Gasteiger partial charge on any atom is 0.338 e. The minimum absolute atomic E-state index is 0.205. The second-order valence-corrected chi connectivity index (χ2v) is 11.7. The van der Waals surface area contributed by atoms with Crippen LogP contribution in [0.1, 0.15) is 92.1 Å². The third kappa shape index (κ3) is 4.43. The molecule has 2 aliphatic heterocycles. The lowest BCUT2D eigenvalue weighted by Gasteiger charge is -2.29. The van der Waals surface area contributed by atoms with Crippen molar-refractivity contribution in [2.24, 2.45) is 0 Å². The highest BCUT2D eigenvalue weighted by Gasteiger charge is 2.36. The summed E-state index contributed by atoms with van der Waals surface area (Å²) in [5, 5.41) is 1.34. The number of para-hydroxylation sites is 1. The van der Waals surface area contributed by atoms with Crippen LogP contribution in [0.15, 0.2) is 36.4 Å². The lowest BCUT2D eigenvalue weighted by molar-refractivity contribution is 0.0505. The lowest BCUT2D eigenvalue weighted by Crippen LogP contribution is -2.30. The molecule has 5 heteroatoms. The Hall–Kier alpha value is -2.79. The summed E-state index contributed by atoms with van der Waals surface area (Å²) in [4.78, 5) is 18.0. The van der Waals surface area contributed by atoms with Gasteiger partial charge in [-0.05, 0) is 68.5 Å². The zero-order chi connectivity index (χ0) is 26.2. The molecule has 1 saturated carbocycles. The number of carbonyl (C=O) groups is 1. The van der Waals surface area contributed by atoms with Gasteiger partial charge in [-0.1, -0.05) is 57.4 Å². The Kier molecular flexibility index (Phi) is 7.22. The molecule has 0 saturated heterocycles. The molecule has 202 valence electrons. The van der Waals surface area contributed by atoms with Crippen LogP contribution in [0.2, 0.25) is 0 Å². The van der Waals surface area contributed by atoms with Gasteiger partial charge in [-0.15, -0.1) is 0 Å². The molecular weight excluding hydrogens is 470 g/mol. The fourth-order valence-corrected chi connectivity index (χ4v) is 7.28. The standard InChI is InChI=1S/C33H43N3O2/c1-4-19-38-33(37)24-15-16-27-29(20-24)36-18-10-17-35-22-25(21-34(3)5-2)26-13-9-14-28(31(26)35)32(36)30(27)23-11-7-6-8-12-23/h9,13-16,20,23,25H,4-8,10-12,17-19,21-22H2,1-3H3. The normalized spacial score (nSPS) is 19.4. The molecule has 1 unspecified atom stereocenters. The smallest absolute Gasteiger partial charge is 0.338 e. The van der Waals surface area contributed by atoms with Gasteiger partial charge < -0.3 is 19.1 Å². The molecule has 0 spiro atoms. The van der Waals surface area contributed by atoms with Gasteiger partial charge in [0.25, 0.3) is 0 Å². The van der Waals surface area contributed by atoms with Crippen molar-refractivity contribution in [2.75, 3.05) is 44.7 Å². The Labute approximate surface area is 227 Å². The summed E-state index contributed by atoms with van der Waals surface area (Å²) in [7, 11) is 2.24. The van der Waals surface area contributed by atoms with Gasteiger partial charge in [0.1, 0.15) is 0 Å². The lowest BCUT2D eigenvalue weighted by atomic mass is 9.81. The molecule has 1 atom stereocenters. The van der Waals surface area contributed by atoms with Crippen molar-refractivity contribution < 1.29 is 9.53 Å². The second kappa shape index (κ2) is 10.8. The van der Waals surface area contributed by atoms with E-state index in [4.69, 9.17) is 4.74 Å². The van der Waals surface area contributed by atoms with Crippen LogP contribution < -0.4 is 4.90 Å². The van der Waals surface area contributed by atoms with E-state index in [1.807, 2.05) is 13.0 Å². The summed E-state index contributed by atoms with van der Waals surface area (Å²) in [6, 6.07) is 13.4. The number of aryl methyl sites for hydroxylation is 1. The summed E-state index contributed by atoms with van der Waals surface area (Å²) in [6.45, 7) is 10.1. The highest BCUT2D eigenvalue weighted by atomic mass is 16.5. The van der Waals surface area contributed by atoms with E-state index in [0.717, 1.165) is 45.6 Å². The van der Waals surface area contributed by atoms with Crippen LogP contribution in [0.5, 0.6) is 0 Å². The number of aromatic nitrogens is 1. The molecule has 6 rings (SSSR count). The Bertz CT molecular complexity index is 1320. The predicted molar refractivity (Wildman–Crippen MR) is 157 cm³/mol. The number of carbonyl (C=O) groups excluding carboxylic acids is 1. The van der Waals surface area contributed by atoms with Crippen molar-refractivity contribution in [1.82, 2.24) is 9.47 Å². The van der Waals surface area contributed by atoms with Crippen LogP contribution in [-0.4, -0.2) is 55.3 Å². The molecule has 0 N–H and O–H groups in total. The van der Waals surface area contributed by atoms with Crippen molar-refractivity contribution in [3.8, 4) is 11.3 Å². The molecular formula is C33H43N3O2. The first kappa shape index (κ1) is 25.5. The van der Waals surface area contributed by atoms with Crippen LogP contribution in [0.3, 0.4) is 0 Å². The van der Waals surface area contributed by atoms with E-state index in [1.54, 1.807) is 0 Å². The van der Waals surface area contributed by atoms with E-state index in [2.05, 4.69) is 58.7 Å². The number of hydrogen-bond acceptors (Lipinski definition) is 4. The Morgan fingerprint density at radius 2 is 1.89 bits per heavy atom. The number of likely N-dealkylation sites (N-methyl/N-ethyl adjacent to an activating group) is 1. The second-order valence-electron chi connectivity index (χ2n) is 11.7. The first-order valence-corrected chi connectivity index (χ1v) is 15.0. The molecule has 1 aromatic heterocycles. The zero-order valence-electron chi connectivity index (χ0n) is 23.5. The number of hydrogen-bond donors (Lipinski definition) is 0. The maximum atomic E-state index is 12.8. The molecule has 0 radical (unpaired) electrons. The first-order valence-electron chi connectivity index (χ1n) is 15.0. The van der Waals surface area contributed by atoms with Crippen LogP contribution >= 0.6 is 0 Å². The molecule has 3 heterocycles. The summed E-state index contributed by atoms with van der Waals surface area (Å²) in [5.41, 5.74) is 9.19. The molecule has 0 amide bonds. The van der Waals surface area contributed by atoms with E-state index in [9.17, 15) is 4.79 Å². The van der Waals surface area contributed by atoms with E-state index in [0.29, 0.717) is 24.0 Å². The minimum Gasteiger partial charge on any atom is -0.462 e. The highest BCUT2D eigenvalue weighted by Crippen LogP contribution is 2.50. The fraction of sp³-hybridized carbons (Fsp3) is 0.545. The van der Waals surface area contributed by atoms with Crippen molar-refractivity contribution in [2.45, 2.75) is 77.2 Å². The van der Waals surface area contributed by atoms with Gasteiger partial charge >= 0.3 is 5.97 Å². The number of benzene rings is 2. The molecule has 3 aromatic rings. The topological polar surface area (TPSA) is 37.7 Å². The molecule has 0 bridgehead atoms. The Morgan fingerprint density at radius 1 is 1.05 bits per heavy atom. The quantitative estimate of drug-likeness (QED) is 0.314. The minimum atomic E-state index is -0.205. The number of rotatable bonds is 7. The summed E-state index contributed by atoms with van der Waals surface area (Å²) in [6.07, 6.45) is 8.43. The Morgan fingerprint density at radius 3 is 2.68 bits per heavy atom. The molecule has 5 nitrogen and oxygen atoms in total. The van der Waals surface area contributed by atoms with Crippen molar-refractivity contribution >= 4 is 22.6 Å². The average Bonchev–Trinajstić information content (AvgIpc) is 3.45. The first-order chi connectivity index (χ1) is 18.6. The van der Waals surface area contributed by atoms with Gasteiger partial charge in [0.2, 0.25) is 0 Å². The van der Waals surface area contributed by atoms with E-state index < -0.39 is 0 Å². The number of esters is 1. The van der Waals surface area contributed by atoms with Gasteiger partial charge in [-0.3, -0.25) is 0 Å². The fourth-order valence-electron chi connectivity index (χ4n) is 7.28. The van der Waals surface area contributed by atoms with Crippen LogP contribution in [0.25, 0.3) is 22.2 Å². The summed E-state index contributed by atoms with van der Waals surface area (Å²) < 4.78 is 8.09. The van der Waals surface area contributed by atoms with Gasteiger partial charge in [0.15, 0.2) is 0 Å². The summed E-state index contributed by atoms with van der Waals surface area (Å²) in [5.74, 6) is 0.917. The van der Waals surface area contributed by atoms with Crippen molar-refractivity contribution in [3.05, 3.63) is 53.1 Å². The van der Waals surface area contributed by atoms with Gasteiger partial charge in [0.05, 0.1) is 17.9 Å². The number of nitrogens with zero attached hydrogens (tertiary/aromatic N) is 3. The van der Waals surface area contributed by atoms with E-state index in [1.165, 1.54) is 71.1 Å². The van der Waals surface area contributed by atoms with E-state index >= 15 is 0 Å². The molecule has 1 fully saturated rings. The van der Waals surface area contributed by atoms with Crippen molar-refractivity contribution in [3.63, 3.8) is 0 Å². The van der Waals surface area contributed by atoms with E-state index in [-0.39, 0.29) is 5.97 Å². The predicted octanol–water partition coefficient (Wildman–Crippen LogP) is 7.18. The molecule has 38 heavy (non-hydrogen) atoms. The zero-order valence-corrected chi connectivity index (χ0v) is 23.5. The average molecular weight is 514 g/mol. The highest BCUT2D eigenvalue weighted by molar-refractivity contribution is 6.00. The monoisotopic (exact) mass is 513 g/mol. The molecule has 3 aliphatic rings. The molecule has 2 aromatic carbocycles. The Balaban J connectivity index is 1.55. The van der Waals surface area contributed by atoms with Gasteiger partial charge in [-0.25, -0.2) is 4.79 Å².